The predicted molar refractivity (Wildman–Crippen MR) is 118 cm³/mol. The van der Waals surface area contributed by atoms with E-state index in [1.807, 2.05) is 11.0 Å². The zero-order chi connectivity index (χ0) is 21.6. The Balaban J connectivity index is 1.30. The fourth-order valence-corrected chi connectivity index (χ4v) is 4.42. The molecule has 2 aliphatic rings. The minimum Gasteiger partial charge on any atom is -0.370 e. The Morgan fingerprint density at radius 1 is 1.13 bits per heavy atom. The number of nitrogens with zero attached hydrogens (tertiary/aromatic N) is 2. The number of rotatable bonds is 7. The molecule has 2 aromatic rings. The van der Waals surface area contributed by atoms with Crippen LogP contribution in [-0.4, -0.2) is 55.5 Å². The van der Waals surface area contributed by atoms with Crippen molar-refractivity contribution < 1.29 is 14.0 Å². The lowest BCUT2D eigenvalue weighted by Crippen LogP contribution is -2.56. The van der Waals surface area contributed by atoms with Crippen LogP contribution in [0.1, 0.15) is 24.0 Å². The van der Waals surface area contributed by atoms with Gasteiger partial charge in [0, 0.05) is 45.0 Å². The molecular formula is C24H29FN4O2. The summed E-state index contributed by atoms with van der Waals surface area (Å²) in [5.41, 5.74) is 3.53. The number of anilines is 1. The van der Waals surface area contributed by atoms with Gasteiger partial charge in [-0.05, 0) is 42.2 Å². The zero-order valence-corrected chi connectivity index (χ0v) is 17.6. The standard InChI is InChI=1S/C24H29FN4O2/c25-20-9-7-18(8-10-20)17-29-15-12-27-24(31)22(29)16-23(30)26-11-14-28-13-3-5-19-4-1-2-6-21(19)28/h1-2,4,6-10,22H,3,5,11-17H2,(H,26,30)(H,27,31)/t22-/m1/s1. The van der Waals surface area contributed by atoms with Crippen LogP contribution in [-0.2, 0) is 22.6 Å². The fourth-order valence-electron chi connectivity index (χ4n) is 4.42. The highest BCUT2D eigenvalue weighted by atomic mass is 19.1. The molecule has 0 unspecified atom stereocenters. The Morgan fingerprint density at radius 3 is 2.77 bits per heavy atom. The van der Waals surface area contributed by atoms with E-state index in [1.165, 1.54) is 23.4 Å². The molecule has 0 saturated carbocycles. The lowest BCUT2D eigenvalue weighted by Gasteiger charge is -2.35. The van der Waals surface area contributed by atoms with Crippen molar-refractivity contribution in [2.75, 3.05) is 37.6 Å². The summed E-state index contributed by atoms with van der Waals surface area (Å²) in [4.78, 5) is 29.3. The van der Waals surface area contributed by atoms with Gasteiger partial charge in [-0.25, -0.2) is 4.39 Å². The topological polar surface area (TPSA) is 64.7 Å². The molecule has 4 rings (SSSR count). The highest BCUT2D eigenvalue weighted by Gasteiger charge is 2.31. The smallest absolute Gasteiger partial charge is 0.237 e. The van der Waals surface area contributed by atoms with Crippen LogP contribution >= 0.6 is 0 Å². The maximum Gasteiger partial charge on any atom is 0.237 e. The van der Waals surface area contributed by atoms with Gasteiger partial charge in [0.1, 0.15) is 5.82 Å². The van der Waals surface area contributed by atoms with Gasteiger partial charge in [-0.15, -0.1) is 0 Å². The van der Waals surface area contributed by atoms with Crippen LogP contribution in [0.3, 0.4) is 0 Å². The van der Waals surface area contributed by atoms with E-state index in [0.717, 1.165) is 31.5 Å². The SMILES string of the molecule is O=C(C[C@@H]1C(=O)NCCN1Cc1ccc(F)cc1)NCCN1CCCc2ccccc21. The van der Waals surface area contributed by atoms with Gasteiger partial charge in [-0.2, -0.15) is 0 Å². The first-order valence-electron chi connectivity index (χ1n) is 11.0. The van der Waals surface area contributed by atoms with Crippen molar-refractivity contribution in [3.8, 4) is 0 Å². The Kier molecular flexibility index (Phi) is 6.82. The number of halogens is 1. The van der Waals surface area contributed by atoms with E-state index < -0.39 is 6.04 Å². The largest absolute Gasteiger partial charge is 0.370 e. The van der Waals surface area contributed by atoms with Crippen molar-refractivity contribution in [3.05, 3.63) is 65.5 Å². The molecule has 1 atom stereocenters. The van der Waals surface area contributed by atoms with Gasteiger partial charge in [-0.3, -0.25) is 14.5 Å². The van der Waals surface area contributed by atoms with E-state index in [9.17, 15) is 14.0 Å². The molecule has 0 radical (unpaired) electrons. The first kappa shape index (κ1) is 21.3. The van der Waals surface area contributed by atoms with E-state index in [2.05, 4.69) is 33.7 Å². The number of para-hydroxylation sites is 1. The molecule has 1 saturated heterocycles. The van der Waals surface area contributed by atoms with E-state index in [4.69, 9.17) is 0 Å². The highest BCUT2D eigenvalue weighted by molar-refractivity contribution is 5.88. The molecule has 2 aromatic carbocycles. The Hall–Kier alpha value is -2.93. The summed E-state index contributed by atoms with van der Waals surface area (Å²) in [7, 11) is 0. The summed E-state index contributed by atoms with van der Waals surface area (Å²) in [6, 6.07) is 14.2. The minimum absolute atomic E-state index is 0.115. The molecular weight excluding hydrogens is 395 g/mol. The third kappa shape index (κ3) is 5.41. The first-order chi connectivity index (χ1) is 15.1. The molecule has 0 aromatic heterocycles. The molecule has 0 bridgehead atoms. The van der Waals surface area contributed by atoms with Gasteiger partial charge >= 0.3 is 0 Å². The number of amides is 2. The number of nitrogens with one attached hydrogen (secondary N) is 2. The van der Waals surface area contributed by atoms with Gasteiger partial charge in [-0.1, -0.05) is 30.3 Å². The van der Waals surface area contributed by atoms with Crippen molar-refractivity contribution >= 4 is 17.5 Å². The van der Waals surface area contributed by atoms with Crippen LogP contribution in [0.15, 0.2) is 48.5 Å². The summed E-state index contributed by atoms with van der Waals surface area (Å²) in [6.07, 6.45) is 2.33. The number of hydrogen-bond acceptors (Lipinski definition) is 4. The fraction of sp³-hybridized carbons (Fsp3) is 0.417. The van der Waals surface area contributed by atoms with Gasteiger partial charge in [0.2, 0.25) is 11.8 Å². The molecule has 0 aliphatic carbocycles. The molecule has 164 valence electrons. The average molecular weight is 425 g/mol. The van der Waals surface area contributed by atoms with Crippen LogP contribution in [0.4, 0.5) is 10.1 Å². The summed E-state index contributed by atoms with van der Waals surface area (Å²) in [6.45, 7) is 4.00. The summed E-state index contributed by atoms with van der Waals surface area (Å²) in [5, 5.41) is 5.84. The number of hydrogen-bond donors (Lipinski definition) is 2. The van der Waals surface area contributed by atoms with Crippen LogP contribution in [0.5, 0.6) is 0 Å². The quantitative estimate of drug-likeness (QED) is 0.715. The van der Waals surface area contributed by atoms with E-state index in [1.54, 1.807) is 12.1 Å². The number of benzene rings is 2. The molecule has 7 heteroatoms. The normalized spacial score (nSPS) is 18.9. The predicted octanol–water partition coefficient (Wildman–Crippen LogP) is 2.09. The first-order valence-corrected chi connectivity index (χ1v) is 11.0. The van der Waals surface area contributed by atoms with E-state index in [0.29, 0.717) is 26.2 Å². The van der Waals surface area contributed by atoms with Crippen molar-refractivity contribution in [2.45, 2.75) is 31.8 Å². The third-order valence-corrected chi connectivity index (χ3v) is 6.03. The van der Waals surface area contributed by atoms with Crippen LogP contribution in [0, 0.1) is 5.82 Å². The minimum atomic E-state index is -0.519. The van der Waals surface area contributed by atoms with Gasteiger partial charge in [0.05, 0.1) is 12.5 Å². The van der Waals surface area contributed by atoms with Crippen molar-refractivity contribution in [1.82, 2.24) is 15.5 Å². The van der Waals surface area contributed by atoms with Gasteiger partial charge in [0.25, 0.3) is 0 Å². The molecule has 1 fully saturated rings. The number of carbonyl (C=O) groups is 2. The van der Waals surface area contributed by atoms with Crippen LogP contribution in [0.2, 0.25) is 0 Å². The van der Waals surface area contributed by atoms with Crippen LogP contribution in [0.25, 0.3) is 0 Å². The van der Waals surface area contributed by atoms with Gasteiger partial charge in [0.15, 0.2) is 0 Å². The molecule has 2 N–H and O–H groups in total. The molecule has 2 aliphatic heterocycles. The second-order valence-corrected chi connectivity index (χ2v) is 8.18. The zero-order valence-electron chi connectivity index (χ0n) is 17.6. The van der Waals surface area contributed by atoms with Crippen molar-refractivity contribution in [2.24, 2.45) is 0 Å². The average Bonchev–Trinajstić information content (AvgIpc) is 2.78. The van der Waals surface area contributed by atoms with E-state index in [-0.39, 0.29) is 24.1 Å². The third-order valence-electron chi connectivity index (χ3n) is 6.03. The Bertz CT molecular complexity index is 918. The number of fused-ring (bicyclic) bond motifs is 1. The monoisotopic (exact) mass is 424 g/mol. The lowest BCUT2D eigenvalue weighted by molar-refractivity contribution is -0.134. The summed E-state index contributed by atoms with van der Waals surface area (Å²) in [5.74, 6) is -0.544. The molecule has 6 nitrogen and oxygen atoms in total. The van der Waals surface area contributed by atoms with E-state index >= 15 is 0 Å². The highest BCUT2D eigenvalue weighted by Crippen LogP contribution is 2.26. The molecule has 2 amide bonds. The number of aryl methyl sites for hydroxylation is 1. The maximum absolute atomic E-state index is 13.2. The number of piperazine rings is 1. The maximum atomic E-state index is 13.2. The Labute approximate surface area is 182 Å². The second kappa shape index (κ2) is 9.92. The lowest BCUT2D eigenvalue weighted by atomic mass is 10.0. The number of carbonyl (C=O) groups excluding carboxylic acids is 2. The van der Waals surface area contributed by atoms with Crippen LogP contribution < -0.4 is 15.5 Å². The summed E-state index contributed by atoms with van der Waals surface area (Å²) < 4.78 is 13.2. The van der Waals surface area contributed by atoms with Gasteiger partial charge < -0.3 is 15.5 Å². The molecule has 2 heterocycles. The second-order valence-electron chi connectivity index (χ2n) is 8.18. The molecule has 0 spiro atoms. The summed E-state index contributed by atoms with van der Waals surface area (Å²) >= 11 is 0. The van der Waals surface area contributed by atoms with Crippen molar-refractivity contribution in [1.29, 1.82) is 0 Å². The molecule has 31 heavy (non-hydrogen) atoms. The Morgan fingerprint density at radius 2 is 1.94 bits per heavy atom. The van der Waals surface area contributed by atoms with Crippen molar-refractivity contribution in [3.63, 3.8) is 0 Å².